The Balaban J connectivity index is 2.26. The van der Waals surface area contributed by atoms with E-state index in [1.807, 2.05) is 6.07 Å². The molecule has 1 aromatic carbocycles. The summed E-state index contributed by atoms with van der Waals surface area (Å²) in [6, 6.07) is 7.41. The van der Waals surface area contributed by atoms with Crippen molar-refractivity contribution in [1.82, 2.24) is 5.32 Å². The second-order valence-electron chi connectivity index (χ2n) is 5.09. The summed E-state index contributed by atoms with van der Waals surface area (Å²) >= 11 is 7.87. The van der Waals surface area contributed by atoms with Gasteiger partial charge in [0.25, 0.3) is 0 Å². The van der Waals surface area contributed by atoms with Crippen molar-refractivity contribution in [2.45, 2.75) is 39.2 Å². The molecule has 0 bridgehead atoms. The van der Waals surface area contributed by atoms with Gasteiger partial charge >= 0.3 is 0 Å². The van der Waals surface area contributed by atoms with Crippen LogP contribution in [0.4, 0.5) is 4.39 Å². The van der Waals surface area contributed by atoms with Crippen molar-refractivity contribution in [1.29, 1.82) is 0 Å². The van der Waals surface area contributed by atoms with Gasteiger partial charge in [-0.25, -0.2) is 4.39 Å². The van der Waals surface area contributed by atoms with Crippen molar-refractivity contribution in [3.63, 3.8) is 0 Å². The summed E-state index contributed by atoms with van der Waals surface area (Å²) in [6.07, 6.45) is 2.80. The van der Waals surface area contributed by atoms with Gasteiger partial charge in [0, 0.05) is 10.9 Å². The molecule has 114 valence electrons. The average molecular weight is 326 g/mol. The third-order valence-corrected chi connectivity index (χ3v) is 5.07. The molecule has 0 saturated heterocycles. The Kier molecular flexibility index (Phi) is 6.22. The highest BCUT2D eigenvalue weighted by Gasteiger charge is 2.18. The molecule has 2 aromatic rings. The second-order valence-corrected chi connectivity index (χ2v) is 6.41. The third kappa shape index (κ3) is 4.06. The van der Waals surface area contributed by atoms with Crippen LogP contribution in [-0.4, -0.2) is 6.54 Å². The summed E-state index contributed by atoms with van der Waals surface area (Å²) in [5.41, 5.74) is 2.22. The number of thiophene rings is 1. The van der Waals surface area contributed by atoms with E-state index in [4.69, 9.17) is 11.6 Å². The van der Waals surface area contributed by atoms with E-state index in [1.165, 1.54) is 16.5 Å². The summed E-state index contributed by atoms with van der Waals surface area (Å²) in [4.78, 5) is 1.34. The minimum absolute atomic E-state index is 0.194. The van der Waals surface area contributed by atoms with Gasteiger partial charge in [-0.05, 0) is 54.4 Å². The van der Waals surface area contributed by atoms with E-state index in [2.05, 4.69) is 30.6 Å². The SMILES string of the molecule is CCCNC(Cc1cccc(F)c1Cl)c1sccc1CC. The molecule has 0 amide bonds. The number of hydrogen-bond acceptors (Lipinski definition) is 2. The molecule has 0 fully saturated rings. The van der Waals surface area contributed by atoms with Crippen LogP contribution in [0.2, 0.25) is 5.02 Å². The summed E-state index contributed by atoms with van der Waals surface area (Å²) in [6.45, 7) is 5.25. The fourth-order valence-corrected chi connectivity index (χ4v) is 3.72. The quantitative estimate of drug-likeness (QED) is 0.720. The molecule has 0 aliphatic carbocycles. The molecule has 1 aromatic heterocycles. The first-order valence-corrected chi connectivity index (χ1v) is 8.65. The molecule has 2 rings (SSSR count). The summed E-state index contributed by atoms with van der Waals surface area (Å²) in [5, 5.41) is 5.94. The molecule has 0 aliphatic rings. The van der Waals surface area contributed by atoms with Crippen LogP contribution in [0.3, 0.4) is 0 Å². The maximum absolute atomic E-state index is 13.6. The van der Waals surface area contributed by atoms with E-state index in [9.17, 15) is 4.39 Å². The van der Waals surface area contributed by atoms with Crippen LogP contribution in [0, 0.1) is 5.82 Å². The van der Waals surface area contributed by atoms with Gasteiger partial charge in [0.2, 0.25) is 0 Å². The molecule has 0 radical (unpaired) electrons. The van der Waals surface area contributed by atoms with Crippen molar-refractivity contribution in [3.8, 4) is 0 Å². The lowest BCUT2D eigenvalue weighted by Crippen LogP contribution is -2.24. The van der Waals surface area contributed by atoms with Crippen LogP contribution < -0.4 is 5.32 Å². The van der Waals surface area contributed by atoms with Crippen LogP contribution in [0.1, 0.15) is 42.3 Å². The van der Waals surface area contributed by atoms with Gasteiger partial charge in [-0.1, -0.05) is 37.6 Å². The highest BCUT2D eigenvalue weighted by Crippen LogP contribution is 2.30. The van der Waals surface area contributed by atoms with Crippen molar-refractivity contribution < 1.29 is 4.39 Å². The fourth-order valence-electron chi connectivity index (χ4n) is 2.45. The van der Waals surface area contributed by atoms with Crippen LogP contribution in [0.25, 0.3) is 0 Å². The molecule has 21 heavy (non-hydrogen) atoms. The molecule has 0 aliphatic heterocycles. The van der Waals surface area contributed by atoms with Crippen LogP contribution in [-0.2, 0) is 12.8 Å². The standard InChI is InChI=1S/C17H21ClFNS/c1-3-9-20-15(17-12(4-2)8-10-21-17)11-13-6-5-7-14(19)16(13)18/h5-8,10,15,20H,3-4,9,11H2,1-2H3. The Morgan fingerprint density at radius 3 is 2.76 bits per heavy atom. The zero-order valence-corrected chi connectivity index (χ0v) is 14.0. The molecule has 0 saturated carbocycles. The second kappa shape index (κ2) is 7.92. The smallest absolute Gasteiger partial charge is 0.142 e. The lowest BCUT2D eigenvalue weighted by Gasteiger charge is -2.20. The molecule has 1 unspecified atom stereocenters. The molecular formula is C17H21ClFNS. The van der Waals surface area contributed by atoms with Gasteiger partial charge in [-0.3, -0.25) is 0 Å². The minimum Gasteiger partial charge on any atom is -0.309 e. The summed E-state index contributed by atoms with van der Waals surface area (Å²) in [7, 11) is 0. The Morgan fingerprint density at radius 2 is 2.05 bits per heavy atom. The molecule has 1 heterocycles. The van der Waals surface area contributed by atoms with E-state index in [0.717, 1.165) is 24.9 Å². The lowest BCUT2D eigenvalue weighted by atomic mass is 10.0. The van der Waals surface area contributed by atoms with Crippen molar-refractivity contribution in [2.75, 3.05) is 6.54 Å². The van der Waals surface area contributed by atoms with Gasteiger partial charge in [-0.2, -0.15) is 0 Å². The predicted molar refractivity (Wildman–Crippen MR) is 89.8 cm³/mol. The number of nitrogens with one attached hydrogen (secondary N) is 1. The average Bonchev–Trinajstić information content (AvgIpc) is 2.96. The largest absolute Gasteiger partial charge is 0.309 e. The van der Waals surface area contributed by atoms with Gasteiger partial charge in [0.05, 0.1) is 5.02 Å². The monoisotopic (exact) mass is 325 g/mol. The zero-order valence-electron chi connectivity index (χ0n) is 12.5. The number of halogens is 2. The predicted octanol–water partition coefficient (Wildman–Crippen LogP) is 5.39. The van der Waals surface area contributed by atoms with Crippen LogP contribution in [0.15, 0.2) is 29.6 Å². The summed E-state index contributed by atoms with van der Waals surface area (Å²) < 4.78 is 13.6. The van der Waals surface area contributed by atoms with Gasteiger partial charge in [0.1, 0.15) is 5.82 Å². The van der Waals surface area contributed by atoms with Gasteiger partial charge in [0.15, 0.2) is 0 Å². The lowest BCUT2D eigenvalue weighted by molar-refractivity contribution is 0.531. The van der Waals surface area contributed by atoms with Crippen LogP contribution in [0.5, 0.6) is 0 Å². The van der Waals surface area contributed by atoms with Crippen molar-refractivity contribution in [3.05, 3.63) is 56.5 Å². The first kappa shape index (κ1) is 16.5. The first-order chi connectivity index (χ1) is 10.2. The maximum Gasteiger partial charge on any atom is 0.142 e. The minimum atomic E-state index is -0.342. The highest BCUT2D eigenvalue weighted by molar-refractivity contribution is 7.10. The summed E-state index contributed by atoms with van der Waals surface area (Å²) in [5.74, 6) is -0.342. The molecule has 1 N–H and O–H groups in total. The third-order valence-electron chi connectivity index (χ3n) is 3.57. The number of aryl methyl sites for hydroxylation is 1. The molecule has 1 nitrogen and oxygen atoms in total. The Labute approximate surface area is 135 Å². The molecule has 0 spiro atoms. The normalized spacial score (nSPS) is 12.6. The molecule has 4 heteroatoms. The topological polar surface area (TPSA) is 12.0 Å². The number of rotatable bonds is 7. The fraction of sp³-hybridized carbons (Fsp3) is 0.412. The Morgan fingerprint density at radius 1 is 1.24 bits per heavy atom. The highest BCUT2D eigenvalue weighted by atomic mass is 35.5. The van der Waals surface area contributed by atoms with Gasteiger partial charge < -0.3 is 5.32 Å². The molecule has 1 atom stereocenters. The van der Waals surface area contributed by atoms with E-state index in [-0.39, 0.29) is 16.9 Å². The maximum atomic E-state index is 13.6. The van der Waals surface area contributed by atoms with E-state index in [1.54, 1.807) is 17.4 Å². The van der Waals surface area contributed by atoms with Crippen molar-refractivity contribution in [2.24, 2.45) is 0 Å². The van der Waals surface area contributed by atoms with Gasteiger partial charge in [-0.15, -0.1) is 11.3 Å². The Bertz CT molecular complexity index is 582. The zero-order chi connectivity index (χ0) is 15.2. The Hall–Kier alpha value is -0.900. The van der Waals surface area contributed by atoms with Crippen molar-refractivity contribution >= 4 is 22.9 Å². The van der Waals surface area contributed by atoms with E-state index >= 15 is 0 Å². The first-order valence-electron chi connectivity index (χ1n) is 7.39. The number of benzene rings is 1. The van der Waals surface area contributed by atoms with E-state index in [0.29, 0.717) is 6.42 Å². The molecular weight excluding hydrogens is 305 g/mol. The van der Waals surface area contributed by atoms with Crippen LogP contribution >= 0.6 is 22.9 Å². The number of hydrogen-bond donors (Lipinski definition) is 1. The van der Waals surface area contributed by atoms with E-state index < -0.39 is 0 Å².